The molecule has 0 spiro atoms. The standard InChI is InChI=1S/C8H6BrN.C2H6/c9-7-2-1-3-8-6(7)4-5-10-8;1-2/h1-5,10H;1-2H3. The van der Waals surface area contributed by atoms with Crippen LogP contribution in [0, 0.1) is 0 Å². The third-order valence-electron chi connectivity index (χ3n) is 1.54. The number of benzene rings is 1. The largest absolute Gasteiger partial charge is 0.361 e. The van der Waals surface area contributed by atoms with Gasteiger partial charge in [-0.1, -0.05) is 35.8 Å². The van der Waals surface area contributed by atoms with Crippen LogP contribution in [0.1, 0.15) is 13.8 Å². The number of hydrogen-bond acceptors (Lipinski definition) is 0. The molecule has 0 radical (unpaired) electrons. The van der Waals surface area contributed by atoms with Crippen LogP contribution in [0.5, 0.6) is 0 Å². The van der Waals surface area contributed by atoms with Gasteiger partial charge >= 0.3 is 0 Å². The Kier molecular flexibility index (Phi) is 3.35. The van der Waals surface area contributed by atoms with Crippen molar-refractivity contribution < 1.29 is 0 Å². The molecule has 0 saturated carbocycles. The molecule has 1 heterocycles. The highest BCUT2D eigenvalue weighted by molar-refractivity contribution is 9.10. The van der Waals surface area contributed by atoms with E-state index >= 15 is 0 Å². The summed E-state index contributed by atoms with van der Waals surface area (Å²) in [6.07, 6.45) is 1.94. The second kappa shape index (κ2) is 4.31. The average Bonchev–Trinajstić information content (AvgIpc) is 2.57. The number of nitrogens with one attached hydrogen (secondary N) is 1. The number of rotatable bonds is 0. The highest BCUT2D eigenvalue weighted by Crippen LogP contribution is 2.21. The van der Waals surface area contributed by atoms with Gasteiger partial charge in [0.05, 0.1) is 0 Å². The molecule has 2 heteroatoms. The van der Waals surface area contributed by atoms with Crippen molar-refractivity contribution in [1.29, 1.82) is 0 Å². The van der Waals surface area contributed by atoms with E-state index in [1.165, 1.54) is 10.9 Å². The van der Waals surface area contributed by atoms with Crippen LogP contribution in [0.3, 0.4) is 0 Å². The van der Waals surface area contributed by atoms with Crippen molar-refractivity contribution >= 4 is 26.8 Å². The summed E-state index contributed by atoms with van der Waals surface area (Å²) in [6.45, 7) is 4.00. The normalized spacial score (nSPS) is 9.25. The Morgan fingerprint density at radius 1 is 1.17 bits per heavy atom. The highest BCUT2D eigenvalue weighted by atomic mass is 79.9. The molecule has 12 heavy (non-hydrogen) atoms. The summed E-state index contributed by atoms with van der Waals surface area (Å²) >= 11 is 3.46. The van der Waals surface area contributed by atoms with Crippen molar-refractivity contribution in [3.05, 3.63) is 34.9 Å². The molecule has 0 aliphatic rings. The van der Waals surface area contributed by atoms with E-state index in [1.807, 2.05) is 32.2 Å². The van der Waals surface area contributed by atoms with Gasteiger partial charge in [0.15, 0.2) is 0 Å². The van der Waals surface area contributed by atoms with E-state index in [0.717, 1.165) is 4.47 Å². The molecule has 1 nitrogen and oxygen atoms in total. The lowest BCUT2D eigenvalue weighted by molar-refractivity contribution is 1.48. The van der Waals surface area contributed by atoms with Gasteiger partial charge in [0.1, 0.15) is 0 Å². The summed E-state index contributed by atoms with van der Waals surface area (Å²) in [4.78, 5) is 3.13. The Hall–Kier alpha value is -0.760. The number of hydrogen-bond donors (Lipinski definition) is 1. The van der Waals surface area contributed by atoms with Crippen LogP contribution in [0.15, 0.2) is 34.9 Å². The highest BCUT2D eigenvalue weighted by Gasteiger charge is 1.95. The lowest BCUT2D eigenvalue weighted by Crippen LogP contribution is -1.66. The lowest BCUT2D eigenvalue weighted by Gasteiger charge is -1.90. The number of fused-ring (bicyclic) bond motifs is 1. The van der Waals surface area contributed by atoms with E-state index in [0.29, 0.717) is 0 Å². The van der Waals surface area contributed by atoms with Gasteiger partial charge < -0.3 is 4.98 Å². The van der Waals surface area contributed by atoms with Crippen molar-refractivity contribution in [2.75, 3.05) is 0 Å². The Morgan fingerprint density at radius 2 is 1.92 bits per heavy atom. The number of aromatic amines is 1. The second-order valence-electron chi connectivity index (χ2n) is 2.18. The van der Waals surface area contributed by atoms with Gasteiger partial charge in [-0.05, 0) is 18.2 Å². The quantitative estimate of drug-likeness (QED) is 0.699. The minimum Gasteiger partial charge on any atom is -0.361 e. The summed E-state index contributed by atoms with van der Waals surface area (Å²) < 4.78 is 1.14. The van der Waals surface area contributed by atoms with Gasteiger partial charge in [0.25, 0.3) is 0 Å². The molecular weight excluding hydrogens is 214 g/mol. The smallest absolute Gasteiger partial charge is 0.0465 e. The molecule has 0 amide bonds. The van der Waals surface area contributed by atoms with Crippen LogP contribution in [-0.4, -0.2) is 4.98 Å². The molecule has 2 rings (SSSR count). The molecule has 0 bridgehead atoms. The third kappa shape index (κ3) is 1.69. The number of H-pyrrole nitrogens is 1. The van der Waals surface area contributed by atoms with Crippen molar-refractivity contribution in [2.45, 2.75) is 13.8 Å². The maximum absolute atomic E-state index is 3.46. The molecule has 1 aromatic carbocycles. The number of halogens is 1. The fraction of sp³-hybridized carbons (Fsp3) is 0.200. The number of aromatic nitrogens is 1. The first-order valence-corrected chi connectivity index (χ1v) is 4.89. The van der Waals surface area contributed by atoms with Gasteiger partial charge in [-0.15, -0.1) is 0 Å². The molecule has 0 aliphatic heterocycles. The summed E-state index contributed by atoms with van der Waals surface area (Å²) in [5, 5.41) is 1.24. The maximum atomic E-state index is 3.46. The van der Waals surface area contributed by atoms with Gasteiger partial charge in [-0.3, -0.25) is 0 Å². The van der Waals surface area contributed by atoms with E-state index in [4.69, 9.17) is 0 Å². The van der Waals surface area contributed by atoms with Crippen molar-refractivity contribution in [2.24, 2.45) is 0 Å². The van der Waals surface area contributed by atoms with Crippen LogP contribution in [-0.2, 0) is 0 Å². The minimum absolute atomic E-state index is 1.14. The molecule has 1 N–H and O–H groups in total. The van der Waals surface area contributed by atoms with Gasteiger partial charge in [0.2, 0.25) is 0 Å². The molecular formula is C10H12BrN. The fourth-order valence-electron chi connectivity index (χ4n) is 1.05. The van der Waals surface area contributed by atoms with Gasteiger partial charge in [-0.2, -0.15) is 0 Å². The molecule has 0 atom stereocenters. The summed E-state index contributed by atoms with van der Waals surface area (Å²) in [6, 6.07) is 8.17. The van der Waals surface area contributed by atoms with Crippen LogP contribution in [0.25, 0.3) is 10.9 Å². The molecule has 0 unspecified atom stereocenters. The second-order valence-corrected chi connectivity index (χ2v) is 3.03. The zero-order valence-corrected chi connectivity index (χ0v) is 8.85. The predicted octanol–water partition coefficient (Wildman–Crippen LogP) is 3.96. The van der Waals surface area contributed by atoms with Crippen LogP contribution in [0.2, 0.25) is 0 Å². The van der Waals surface area contributed by atoms with Crippen molar-refractivity contribution in [3.8, 4) is 0 Å². The summed E-state index contributed by atoms with van der Waals surface area (Å²) in [5.74, 6) is 0. The molecule has 0 aliphatic carbocycles. The first-order chi connectivity index (χ1) is 5.88. The van der Waals surface area contributed by atoms with Gasteiger partial charge in [0, 0.05) is 21.6 Å². The van der Waals surface area contributed by atoms with Gasteiger partial charge in [-0.25, -0.2) is 0 Å². The zero-order chi connectivity index (χ0) is 8.97. The van der Waals surface area contributed by atoms with Crippen LogP contribution >= 0.6 is 15.9 Å². The van der Waals surface area contributed by atoms with E-state index in [9.17, 15) is 0 Å². The Balaban J connectivity index is 0.000000336. The predicted molar refractivity (Wildman–Crippen MR) is 57.3 cm³/mol. The Labute approximate surface area is 80.9 Å². The van der Waals surface area contributed by atoms with Crippen molar-refractivity contribution in [3.63, 3.8) is 0 Å². The van der Waals surface area contributed by atoms with E-state index in [1.54, 1.807) is 0 Å². The Bertz CT molecular complexity index is 351. The lowest BCUT2D eigenvalue weighted by atomic mass is 10.3. The molecule has 1 aromatic heterocycles. The first-order valence-electron chi connectivity index (χ1n) is 4.09. The summed E-state index contributed by atoms with van der Waals surface area (Å²) in [7, 11) is 0. The van der Waals surface area contributed by atoms with Crippen LogP contribution in [0.4, 0.5) is 0 Å². The monoisotopic (exact) mass is 225 g/mol. The van der Waals surface area contributed by atoms with E-state index < -0.39 is 0 Å². The first kappa shape index (κ1) is 9.33. The summed E-state index contributed by atoms with van der Waals surface area (Å²) in [5.41, 5.74) is 1.18. The average molecular weight is 226 g/mol. The zero-order valence-electron chi connectivity index (χ0n) is 7.26. The van der Waals surface area contributed by atoms with Crippen LogP contribution < -0.4 is 0 Å². The topological polar surface area (TPSA) is 15.8 Å². The minimum atomic E-state index is 1.14. The molecule has 2 aromatic rings. The maximum Gasteiger partial charge on any atom is 0.0465 e. The SMILES string of the molecule is Brc1cccc2[nH]ccc12.CC. The molecule has 0 fully saturated rings. The fourth-order valence-corrected chi connectivity index (χ4v) is 1.55. The van der Waals surface area contributed by atoms with E-state index in [-0.39, 0.29) is 0 Å². The molecule has 64 valence electrons. The Morgan fingerprint density at radius 3 is 2.58 bits per heavy atom. The van der Waals surface area contributed by atoms with E-state index in [2.05, 4.69) is 33.0 Å². The molecule has 0 saturated heterocycles. The van der Waals surface area contributed by atoms with Crippen molar-refractivity contribution in [1.82, 2.24) is 4.98 Å². The third-order valence-corrected chi connectivity index (χ3v) is 2.23.